The van der Waals surface area contributed by atoms with Crippen molar-refractivity contribution in [3.05, 3.63) is 61.2 Å². The van der Waals surface area contributed by atoms with Crippen LogP contribution in [0.3, 0.4) is 0 Å². The molecule has 0 radical (unpaired) electrons. The fourth-order valence-corrected chi connectivity index (χ4v) is 3.69. The van der Waals surface area contributed by atoms with Crippen LogP contribution < -0.4 is 10.2 Å². The second-order valence-corrected chi connectivity index (χ2v) is 7.05. The first-order valence-electron chi connectivity index (χ1n) is 9.71. The molecule has 0 aliphatic carbocycles. The highest BCUT2D eigenvalue weighted by Gasteiger charge is 2.15. The highest BCUT2D eigenvalue weighted by atomic mass is 16.5. The number of aryl methyl sites for hydroxylation is 1. The van der Waals surface area contributed by atoms with Crippen LogP contribution in [-0.4, -0.2) is 45.8 Å². The first-order chi connectivity index (χ1) is 14.3. The van der Waals surface area contributed by atoms with E-state index in [0.29, 0.717) is 5.82 Å². The molecule has 0 spiro atoms. The molecule has 7 nitrogen and oxygen atoms in total. The Hall–Kier alpha value is -3.45. The molecule has 146 valence electrons. The van der Waals surface area contributed by atoms with Crippen molar-refractivity contribution >= 4 is 28.2 Å². The van der Waals surface area contributed by atoms with Crippen LogP contribution in [0.1, 0.15) is 0 Å². The quantitative estimate of drug-likeness (QED) is 0.578. The smallest absolute Gasteiger partial charge is 0.157 e. The monoisotopic (exact) mass is 386 g/mol. The third-order valence-electron chi connectivity index (χ3n) is 5.21. The zero-order chi connectivity index (χ0) is 19.6. The summed E-state index contributed by atoms with van der Waals surface area (Å²) < 4.78 is 7.44. The van der Waals surface area contributed by atoms with Gasteiger partial charge < -0.3 is 19.5 Å². The molecule has 1 N–H and O–H groups in total. The van der Waals surface area contributed by atoms with Gasteiger partial charge in [-0.05, 0) is 30.3 Å². The van der Waals surface area contributed by atoms with E-state index in [0.717, 1.165) is 54.3 Å². The molecule has 0 unspecified atom stereocenters. The van der Waals surface area contributed by atoms with Gasteiger partial charge in [0.25, 0.3) is 0 Å². The second-order valence-electron chi connectivity index (χ2n) is 7.05. The van der Waals surface area contributed by atoms with E-state index < -0.39 is 0 Å². The zero-order valence-corrected chi connectivity index (χ0v) is 16.2. The fraction of sp³-hybridized carbons (Fsp3) is 0.227. The Kier molecular flexibility index (Phi) is 4.57. The lowest BCUT2D eigenvalue weighted by atomic mass is 10.1. The molecule has 29 heavy (non-hydrogen) atoms. The lowest BCUT2D eigenvalue weighted by molar-refractivity contribution is 0.122. The molecule has 4 aromatic rings. The number of para-hydroxylation sites is 1. The minimum Gasteiger partial charge on any atom is -0.378 e. The van der Waals surface area contributed by atoms with E-state index in [1.807, 2.05) is 30.1 Å². The van der Waals surface area contributed by atoms with Gasteiger partial charge in [0.1, 0.15) is 5.69 Å². The first-order valence-corrected chi connectivity index (χ1v) is 9.71. The van der Waals surface area contributed by atoms with E-state index in [9.17, 15) is 0 Å². The van der Waals surface area contributed by atoms with Crippen LogP contribution in [0.5, 0.6) is 0 Å². The number of anilines is 3. The molecule has 2 aromatic heterocycles. The average molecular weight is 386 g/mol. The Bertz CT molecular complexity index is 1130. The predicted octanol–water partition coefficient (Wildman–Crippen LogP) is 3.61. The summed E-state index contributed by atoms with van der Waals surface area (Å²) >= 11 is 0. The van der Waals surface area contributed by atoms with Crippen LogP contribution in [0.4, 0.5) is 17.2 Å². The molecule has 2 aromatic carbocycles. The van der Waals surface area contributed by atoms with Gasteiger partial charge in [-0.25, -0.2) is 9.97 Å². The van der Waals surface area contributed by atoms with Gasteiger partial charge in [-0.2, -0.15) is 0 Å². The second kappa shape index (κ2) is 7.52. The number of hydrogen-bond acceptors (Lipinski definition) is 6. The van der Waals surface area contributed by atoms with Crippen molar-refractivity contribution in [2.45, 2.75) is 0 Å². The Morgan fingerprint density at radius 3 is 2.55 bits per heavy atom. The standard InChI is InChI=1S/C22H22N6O/c1-27-15-25-20-18(3-2-4-19(20)27)21-22(24-10-9-23-21)26-16-5-7-17(8-6-16)28-11-13-29-14-12-28/h2-10,15H,11-14H2,1H3,(H,24,26). The molecule has 5 rings (SSSR count). The van der Waals surface area contributed by atoms with Gasteiger partial charge in [0, 0.05) is 49.5 Å². The average Bonchev–Trinajstić information content (AvgIpc) is 3.16. The molecule has 0 saturated carbocycles. The third-order valence-corrected chi connectivity index (χ3v) is 5.21. The highest BCUT2D eigenvalue weighted by molar-refractivity contribution is 5.94. The van der Waals surface area contributed by atoms with Crippen molar-refractivity contribution in [3.8, 4) is 11.3 Å². The minimum absolute atomic E-state index is 0.713. The lowest BCUT2D eigenvalue weighted by Crippen LogP contribution is -2.36. The SMILES string of the molecule is Cn1cnc2c(-c3nccnc3Nc3ccc(N4CCOCC4)cc3)cccc21. The van der Waals surface area contributed by atoms with Crippen molar-refractivity contribution in [3.63, 3.8) is 0 Å². The number of morpholine rings is 1. The number of nitrogens with one attached hydrogen (secondary N) is 1. The summed E-state index contributed by atoms with van der Waals surface area (Å²) in [6, 6.07) is 14.5. The van der Waals surface area contributed by atoms with Gasteiger partial charge in [-0.3, -0.25) is 4.98 Å². The predicted molar refractivity (Wildman–Crippen MR) is 114 cm³/mol. The molecule has 0 amide bonds. The number of rotatable bonds is 4. The number of ether oxygens (including phenoxy) is 1. The van der Waals surface area contributed by atoms with E-state index >= 15 is 0 Å². The molecule has 3 heterocycles. The number of benzene rings is 2. The van der Waals surface area contributed by atoms with Crippen LogP contribution in [0.25, 0.3) is 22.3 Å². The summed E-state index contributed by atoms with van der Waals surface area (Å²) in [6.45, 7) is 3.41. The van der Waals surface area contributed by atoms with Crippen molar-refractivity contribution in [1.82, 2.24) is 19.5 Å². The molecule has 1 saturated heterocycles. The van der Waals surface area contributed by atoms with Crippen LogP contribution in [0.15, 0.2) is 61.2 Å². The number of nitrogens with zero attached hydrogens (tertiary/aromatic N) is 5. The maximum Gasteiger partial charge on any atom is 0.157 e. The summed E-state index contributed by atoms with van der Waals surface area (Å²) in [5, 5.41) is 3.42. The van der Waals surface area contributed by atoms with Gasteiger partial charge in [-0.1, -0.05) is 12.1 Å². The minimum atomic E-state index is 0.713. The molecule has 0 bridgehead atoms. The van der Waals surface area contributed by atoms with Crippen LogP contribution in [-0.2, 0) is 11.8 Å². The van der Waals surface area contributed by atoms with E-state index in [4.69, 9.17) is 4.74 Å². The molecule has 0 atom stereocenters. The summed E-state index contributed by atoms with van der Waals surface area (Å²) in [5.74, 6) is 0.713. The topological polar surface area (TPSA) is 68.1 Å². The van der Waals surface area contributed by atoms with E-state index in [-0.39, 0.29) is 0 Å². The Morgan fingerprint density at radius 1 is 0.931 bits per heavy atom. The molecular weight excluding hydrogens is 364 g/mol. The highest BCUT2D eigenvalue weighted by Crippen LogP contribution is 2.31. The van der Waals surface area contributed by atoms with Crippen molar-refractivity contribution in [2.75, 3.05) is 36.5 Å². The van der Waals surface area contributed by atoms with Crippen molar-refractivity contribution < 1.29 is 4.74 Å². The zero-order valence-electron chi connectivity index (χ0n) is 16.2. The Labute approximate surface area is 169 Å². The Balaban J connectivity index is 1.45. The molecule has 1 aliphatic heterocycles. The van der Waals surface area contributed by atoms with Gasteiger partial charge in [0.05, 0.1) is 30.6 Å². The fourth-order valence-electron chi connectivity index (χ4n) is 3.69. The number of hydrogen-bond donors (Lipinski definition) is 1. The Morgan fingerprint density at radius 2 is 1.72 bits per heavy atom. The normalized spacial score (nSPS) is 14.3. The van der Waals surface area contributed by atoms with Gasteiger partial charge in [0.2, 0.25) is 0 Å². The molecular formula is C22H22N6O. The van der Waals surface area contributed by atoms with E-state index in [2.05, 4.69) is 55.5 Å². The summed E-state index contributed by atoms with van der Waals surface area (Å²) in [6.07, 6.45) is 5.23. The molecule has 7 heteroatoms. The van der Waals surface area contributed by atoms with Gasteiger partial charge >= 0.3 is 0 Å². The third kappa shape index (κ3) is 3.40. The van der Waals surface area contributed by atoms with Crippen LogP contribution in [0.2, 0.25) is 0 Å². The molecule has 1 aliphatic rings. The van der Waals surface area contributed by atoms with Crippen molar-refractivity contribution in [2.24, 2.45) is 7.05 Å². The summed E-state index contributed by atoms with van der Waals surface area (Å²) in [4.78, 5) is 16.0. The number of aromatic nitrogens is 4. The van der Waals surface area contributed by atoms with Gasteiger partial charge in [0.15, 0.2) is 5.82 Å². The van der Waals surface area contributed by atoms with E-state index in [1.54, 1.807) is 12.4 Å². The van der Waals surface area contributed by atoms with E-state index in [1.165, 1.54) is 5.69 Å². The van der Waals surface area contributed by atoms with Crippen LogP contribution in [0, 0.1) is 0 Å². The summed E-state index contributed by atoms with van der Waals surface area (Å²) in [5.41, 5.74) is 5.90. The maximum absolute atomic E-state index is 5.44. The van der Waals surface area contributed by atoms with Crippen molar-refractivity contribution in [1.29, 1.82) is 0 Å². The molecule has 1 fully saturated rings. The van der Waals surface area contributed by atoms with Gasteiger partial charge in [-0.15, -0.1) is 0 Å². The maximum atomic E-state index is 5.44. The number of imidazole rings is 1. The first kappa shape index (κ1) is 17.6. The number of fused-ring (bicyclic) bond motifs is 1. The largest absolute Gasteiger partial charge is 0.378 e. The lowest BCUT2D eigenvalue weighted by Gasteiger charge is -2.28. The summed E-state index contributed by atoms with van der Waals surface area (Å²) in [7, 11) is 1.99. The van der Waals surface area contributed by atoms with Crippen LogP contribution >= 0.6 is 0 Å².